The molecule has 1 aromatic carbocycles. The van der Waals surface area contributed by atoms with Crippen molar-refractivity contribution < 1.29 is 9.18 Å². The number of anilines is 1. The summed E-state index contributed by atoms with van der Waals surface area (Å²) in [7, 11) is 0. The number of hydrogen-bond donors (Lipinski definition) is 1. The molecule has 0 spiro atoms. The molecule has 2 aromatic rings. The minimum Gasteiger partial charge on any atom is -0.323 e. The topological polar surface area (TPSA) is 65.8 Å². The van der Waals surface area contributed by atoms with Gasteiger partial charge in [0.1, 0.15) is 16.9 Å². The zero-order valence-electron chi connectivity index (χ0n) is 11.3. The zero-order valence-corrected chi connectivity index (χ0v) is 12.1. The van der Waals surface area contributed by atoms with Gasteiger partial charge in [-0.05, 0) is 36.8 Å². The molecule has 0 unspecified atom stereocenters. The van der Waals surface area contributed by atoms with E-state index in [1.165, 1.54) is 12.1 Å². The van der Waals surface area contributed by atoms with Crippen LogP contribution in [0.2, 0.25) is 0 Å². The summed E-state index contributed by atoms with van der Waals surface area (Å²) in [5, 5.41) is 11.9. The van der Waals surface area contributed by atoms with Crippen LogP contribution < -0.4 is 5.32 Å². The van der Waals surface area contributed by atoms with E-state index in [1.54, 1.807) is 31.3 Å². The SMILES string of the molecule is Cc1ccc(NC(=O)CSc2ncccc2C#N)c(F)c1. The fourth-order valence-electron chi connectivity index (χ4n) is 1.63. The van der Waals surface area contributed by atoms with E-state index in [-0.39, 0.29) is 17.3 Å². The number of carbonyl (C=O) groups is 1. The summed E-state index contributed by atoms with van der Waals surface area (Å²) in [6, 6.07) is 9.90. The number of amides is 1. The average Bonchev–Trinajstić information content (AvgIpc) is 2.48. The molecule has 2 rings (SSSR count). The number of rotatable bonds is 4. The fraction of sp³-hybridized carbons (Fsp3) is 0.133. The van der Waals surface area contributed by atoms with Gasteiger partial charge < -0.3 is 5.32 Å². The van der Waals surface area contributed by atoms with Crippen LogP contribution in [0, 0.1) is 24.1 Å². The molecule has 0 bridgehead atoms. The Labute approximate surface area is 126 Å². The molecule has 0 atom stereocenters. The number of aryl methyl sites for hydroxylation is 1. The van der Waals surface area contributed by atoms with Crippen molar-refractivity contribution >= 4 is 23.4 Å². The first kappa shape index (κ1) is 15.0. The molecule has 0 saturated heterocycles. The number of halogens is 1. The number of nitriles is 1. The predicted octanol–water partition coefficient (Wildman–Crippen LogP) is 3.13. The number of benzene rings is 1. The number of nitrogens with zero attached hydrogens (tertiary/aromatic N) is 2. The third-order valence-electron chi connectivity index (χ3n) is 2.63. The summed E-state index contributed by atoms with van der Waals surface area (Å²) in [5.41, 5.74) is 1.34. The predicted molar refractivity (Wildman–Crippen MR) is 79.4 cm³/mol. The van der Waals surface area contributed by atoms with Crippen LogP contribution in [0.3, 0.4) is 0 Å². The summed E-state index contributed by atoms with van der Waals surface area (Å²) in [5.74, 6) is -0.764. The third-order valence-corrected chi connectivity index (χ3v) is 3.64. The third kappa shape index (κ3) is 4.04. The second-order valence-corrected chi connectivity index (χ2v) is 5.25. The number of thioether (sulfide) groups is 1. The Morgan fingerprint density at radius 1 is 1.48 bits per heavy atom. The monoisotopic (exact) mass is 301 g/mol. The highest BCUT2D eigenvalue weighted by molar-refractivity contribution is 8.00. The van der Waals surface area contributed by atoms with Gasteiger partial charge >= 0.3 is 0 Å². The minimum atomic E-state index is -0.469. The summed E-state index contributed by atoms with van der Waals surface area (Å²) in [6.45, 7) is 1.77. The Bertz CT molecular complexity index is 712. The lowest BCUT2D eigenvalue weighted by atomic mass is 10.2. The first-order valence-corrected chi connectivity index (χ1v) is 7.12. The molecule has 1 aromatic heterocycles. The van der Waals surface area contributed by atoms with Crippen molar-refractivity contribution in [3.05, 3.63) is 53.5 Å². The second kappa shape index (κ2) is 6.86. The summed E-state index contributed by atoms with van der Waals surface area (Å²) in [6.07, 6.45) is 1.56. The maximum atomic E-state index is 13.6. The lowest BCUT2D eigenvalue weighted by Gasteiger charge is -2.07. The first-order chi connectivity index (χ1) is 10.1. The Kier molecular flexibility index (Phi) is 4.90. The smallest absolute Gasteiger partial charge is 0.234 e. The lowest BCUT2D eigenvalue weighted by molar-refractivity contribution is -0.113. The maximum Gasteiger partial charge on any atom is 0.234 e. The van der Waals surface area contributed by atoms with Crippen LogP contribution in [0.25, 0.3) is 0 Å². The highest BCUT2D eigenvalue weighted by Gasteiger charge is 2.10. The quantitative estimate of drug-likeness (QED) is 0.881. The summed E-state index contributed by atoms with van der Waals surface area (Å²) >= 11 is 1.14. The fourth-order valence-corrected chi connectivity index (χ4v) is 2.38. The van der Waals surface area contributed by atoms with Crippen LogP contribution in [0.15, 0.2) is 41.6 Å². The van der Waals surface area contributed by atoms with Gasteiger partial charge in [-0.3, -0.25) is 4.79 Å². The molecule has 21 heavy (non-hydrogen) atoms. The van der Waals surface area contributed by atoms with Crippen molar-refractivity contribution in [1.29, 1.82) is 5.26 Å². The van der Waals surface area contributed by atoms with Crippen LogP contribution >= 0.6 is 11.8 Å². The van der Waals surface area contributed by atoms with Gasteiger partial charge in [-0.25, -0.2) is 9.37 Å². The van der Waals surface area contributed by atoms with Crippen LogP contribution in [-0.2, 0) is 4.79 Å². The van der Waals surface area contributed by atoms with Gasteiger partial charge in [0.15, 0.2) is 0 Å². The average molecular weight is 301 g/mol. The molecule has 6 heteroatoms. The van der Waals surface area contributed by atoms with Crippen molar-refractivity contribution in [2.75, 3.05) is 11.1 Å². The molecular weight excluding hydrogens is 289 g/mol. The second-order valence-electron chi connectivity index (χ2n) is 4.29. The van der Waals surface area contributed by atoms with Crippen LogP contribution in [0.1, 0.15) is 11.1 Å². The number of aromatic nitrogens is 1. The molecule has 1 N–H and O–H groups in total. The normalized spacial score (nSPS) is 9.95. The molecule has 0 fully saturated rings. The van der Waals surface area contributed by atoms with E-state index >= 15 is 0 Å². The van der Waals surface area contributed by atoms with Crippen LogP contribution in [-0.4, -0.2) is 16.6 Å². The molecular formula is C15H12FN3OS. The van der Waals surface area contributed by atoms with Crippen molar-refractivity contribution in [3.63, 3.8) is 0 Å². The van der Waals surface area contributed by atoms with E-state index < -0.39 is 5.82 Å². The van der Waals surface area contributed by atoms with E-state index in [0.717, 1.165) is 17.3 Å². The molecule has 106 valence electrons. The standard InChI is InChI=1S/C15H12FN3OS/c1-10-4-5-13(12(16)7-10)19-14(20)9-21-15-11(8-17)3-2-6-18-15/h2-7H,9H2,1H3,(H,19,20). The zero-order chi connectivity index (χ0) is 15.2. The van der Waals surface area contributed by atoms with Crippen LogP contribution in [0.4, 0.5) is 10.1 Å². The maximum absolute atomic E-state index is 13.6. The summed E-state index contributed by atoms with van der Waals surface area (Å²) < 4.78 is 13.6. The van der Waals surface area contributed by atoms with Crippen molar-refractivity contribution in [3.8, 4) is 6.07 Å². The number of nitrogens with one attached hydrogen (secondary N) is 1. The van der Waals surface area contributed by atoms with Gasteiger partial charge in [0, 0.05) is 6.20 Å². The highest BCUT2D eigenvalue weighted by Crippen LogP contribution is 2.20. The van der Waals surface area contributed by atoms with E-state index in [0.29, 0.717) is 10.6 Å². The number of hydrogen-bond acceptors (Lipinski definition) is 4. The number of pyridine rings is 1. The first-order valence-electron chi connectivity index (χ1n) is 6.14. The van der Waals surface area contributed by atoms with Crippen molar-refractivity contribution in [2.24, 2.45) is 0 Å². The number of carbonyl (C=O) groups excluding carboxylic acids is 1. The largest absolute Gasteiger partial charge is 0.323 e. The highest BCUT2D eigenvalue weighted by atomic mass is 32.2. The minimum absolute atomic E-state index is 0.0546. The Balaban J connectivity index is 1.98. The van der Waals surface area contributed by atoms with Gasteiger partial charge in [0.05, 0.1) is 17.0 Å². The lowest BCUT2D eigenvalue weighted by Crippen LogP contribution is -2.15. The molecule has 4 nitrogen and oxygen atoms in total. The Morgan fingerprint density at radius 2 is 2.29 bits per heavy atom. The molecule has 1 amide bonds. The molecule has 0 aliphatic heterocycles. The van der Waals surface area contributed by atoms with Gasteiger partial charge in [-0.1, -0.05) is 17.8 Å². The Hall–Kier alpha value is -2.39. The van der Waals surface area contributed by atoms with E-state index in [9.17, 15) is 9.18 Å². The molecule has 1 heterocycles. The van der Waals surface area contributed by atoms with E-state index in [4.69, 9.17) is 5.26 Å². The van der Waals surface area contributed by atoms with Crippen molar-refractivity contribution in [1.82, 2.24) is 4.98 Å². The van der Waals surface area contributed by atoms with Gasteiger partial charge in [-0.15, -0.1) is 0 Å². The van der Waals surface area contributed by atoms with E-state index in [1.807, 2.05) is 6.07 Å². The molecule has 0 saturated carbocycles. The van der Waals surface area contributed by atoms with Crippen LogP contribution in [0.5, 0.6) is 0 Å². The molecule has 0 radical (unpaired) electrons. The van der Waals surface area contributed by atoms with Gasteiger partial charge in [-0.2, -0.15) is 5.26 Å². The van der Waals surface area contributed by atoms with Gasteiger partial charge in [0.25, 0.3) is 0 Å². The molecule has 0 aliphatic carbocycles. The molecule has 0 aliphatic rings. The Morgan fingerprint density at radius 3 is 3.00 bits per heavy atom. The van der Waals surface area contributed by atoms with Gasteiger partial charge in [0.2, 0.25) is 5.91 Å². The summed E-state index contributed by atoms with van der Waals surface area (Å²) in [4.78, 5) is 15.9. The van der Waals surface area contributed by atoms with E-state index in [2.05, 4.69) is 10.3 Å². The van der Waals surface area contributed by atoms with Crippen molar-refractivity contribution in [2.45, 2.75) is 11.9 Å².